The third-order valence-corrected chi connectivity index (χ3v) is 4.82. The number of anilines is 2. The molecule has 4 nitrogen and oxygen atoms in total. The molecule has 3 rings (SSSR count). The van der Waals surface area contributed by atoms with Gasteiger partial charge in [-0.2, -0.15) is 13.2 Å². The molecule has 0 saturated carbocycles. The molecule has 1 atom stereocenters. The Labute approximate surface area is 134 Å². The maximum Gasteiger partial charge on any atom is 0.416 e. The van der Waals surface area contributed by atoms with Crippen molar-refractivity contribution in [1.29, 1.82) is 0 Å². The molecule has 1 aromatic rings. The molecule has 0 unspecified atom stereocenters. The van der Waals surface area contributed by atoms with Gasteiger partial charge in [0.25, 0.3) is 0 Å². The number of nitrogens with one attached hydrogen (secondary N) is 2. The molecule has 4 N–H and O–H groups in total. The average Bonchev–Trinajstić information content (AvgIpc) is 3.03. The van der Waals surface area contributed by atoms with E-state index in [2.05, 4.69) is 15.5 Å². The van der Waals surface area contributed by atoms with Crippen LogP contribution in [0.5, 0.6) is 0 Å². The van der Waals surface area contributed by atoms with Gasteiger partial charge in [0.1, 0.15) is 0 Å². The maximum absolute atomic E-state index is 12.8. The summed E-state index contributed by atoms with van der Waals surface area (Å²) < 4.78 is 38.5. The molecule has 0 aromatic heterocycles. The minimum Gasteiger partial charge on any atom is -0.397 e. The monoisotopic (exact) mass is 328 g/mol. The van der Waals surface area contributed by atoms with Crippen molar-refractivity contribution in [3.63, 3.8) is 0 Å². The van der Waals surface area contributed by atoms with Gasteiger partial charge in [0, 0.05) is 31.7 Å². The fourth-order valence-corrected chi connectivity index (χ4v) is 3.44. The van der Waals surface area contributed by atoms with E-state index in [9.17, 15) is 13.2 Å². The highest BCUT2D eigenvalue weighted by atomic mass is 19.4. The van der Waals surface area contributed by atoms with Crippen LogP contribution in [0.4, 0.5) is 24.5 Å². The largest absolute Gasteiger partial charge is 0.416 e. The Balaban J connectivity index is 1.60. The first-order valence-corrected chi connectivity index (χ1v) is 8.11. The van der Waals surface area contributed by atoms with E-state index in [0.717, 1.165) is 51.2 Å². The van der Waals surface area contributed by atoms with Crippen molar-refractivity contribution < 1.29 is 13.2 Å². The minimum absolute atomic E-state index is 0.173. The van der Waals surface area contributed by atoms with Gasteiger partial charge in [0.05, 0.1) is 16.9 Å². The van der Waals surface area contributed by atoms with Crippen LogP contribution in [0.25, 0.3) is 0 Å². The standard InChI is InChI=1S/C16H23F3N4/c17-16(18,19)11-1-2-14(20)15(9-11)22-12-4-7-23(8-5-12)13-3-6-21-10-13/h1-2,9,12-13,21-22H,3-8,10,20H2/t13-/m0/s1. The summed E-state index contributed by atoms with van der Waals surface area (Å²) in [5.41, 5.74) is 5.92. The molecule has 0 bridgehead atoms. The van der Waals surface area contributed by atoms with Gasteiger partial charge in [-0.1, -0.05) is 0 Å². The molecule has 1 aromatic carbocycles. The van der Waals surface area contributed by atoms with E-state index in [1.807, 2.05) is 0 Å². The van der Waals surface area contributed by atoms with Crippen LogP contribution in [0, 0.1) is 0 Å². The normalized spacial score (nSPS) is 24.0. The summed E-state index contributed by atoms with van der Waals surface area (Å²) in [7, 11) is 0. The van der Waals surface area contributed by atoms with E-state index in [1.165, 1.54) is 12.5 Å². The third-order valence-electron chi connectivity index (χ3n) is 4.82. The van der Waals surface area contributed by atoms with Crippen LogP contribution < -0.4 is 16.4 Å². The molecule has 128 valence electrons. The van der Waals surface area contributed by atoms with Crippen molar-refractivity contribution in [2.24, 2.45) is 0 Å². The van der Waals surface area contributed by atoms with Crippen molar-refractivity contribution in [3.8, 4) is 0 Å². The summed E-state index contributed by atoms with van der Waals surface area (Å²) in [4.78, 5) is 2.48. The topological polar surface area (TPSA) is 53.3 Å². The highest BCUT2D eigenvalue weighted by Gasteiger charge is 2.31. The lowest BCUT2D eigenvalue weighted by Crippen LogP contribution is -2.45. The highest BCUT2D eigenvalue weighted by Crippen LogP contribution is 2.33. The number of benzene rings is 1. The maximum atomic E-state index is 12.8. The molecule has 2 saturated heterocycles. The average molecular weight is 328 g/mol. The first-order chi connectivity index (χ1) is 10.9. The lowest BCUT2D eigenvalue weighted by atomic mass is 10.0. The van der Waals surface area contributed by atoms with Crippen LogP contribution in [0.15, 0.2) is 18.2 Å². The number of alkyl halides is 3. The van der Waals surface area contributed by atoms with Crippen molar-refractivity contribution in [3.05, 3.63) is 23.8 Å². The van der Waals surface area contributed by atoms with E-state index < -0.39 is 11.7 Å². The van der Waals surface area contributed by atoms with Crippen LogP contribution in [-0.4, -0.2) is 43.2 Å². The Hall–Kier alpha value is -1.47. The number of nitrogens with two attached hydrogens (primary N) is 1. The molecule has 0 aliphatic carbocycles. The zero-order valence-electron chi connectivity index (χ0n) is 13.0. The lowest BCUT2D eigenvalue weighted by Gasteiger charge is -2.36. The second-order valence-electron chi connectivity index (χ2n) is 6.40. The summed E-state index contributed by atoms with van der Waals surface area (Å²) in [5.74, 6) is 0. The number of nitrogens with zero attached hydrogens (tertiary/aromatic N) is 1. The second-order valence-corrected chi connectivity index (χ2v) is 6.40. The van der Waals surface area contributed by atoms with E-state index in [4.69, 9.17) is 5.73 Å². The number of rotatable bonds is 3. The van der Waals surface area contributed by atoms with Crippen LogP contribution in [0.3, 0.4) is 0 Å². The quantitative estimate of drug-likeness (QED) is 0.747. The smallest absolute Gasteiger partial charge is 0.397 e. The van der Waals surface area contributed by atoms with Gasteiger partial charge < -0.3 is 16.4 Å². The highest BCUT2D eigenvalue weighted by molar-refractivity contribution is 5.67. The molecular weight excluding hydrogens is 305 g/mol. The molecular formula is C16H23F3N4. The second kappa shape index (κ2) is 6.57. The molecule has 2 aliphatic heterocycles. The first-order valence-electron chi connectivity index (χ1n) is 8.11. The number of halogens is 3. The summed E-state index contributed by atoms with van der Waals surface area (Å²) >= 11 is 0. The molecule has 0 radical (unpaired) electrons. The molecule has 7 heteroatoms. The predicted molar refractivity (Wildman–Crippen MR) is 85.3 cm³/mol. The fourth-order valence-electron chi connectivity index (χ4n) is 3.44. The first kappa shape index (κ1) is 16.4. The van der Waals surface area contributed by atoms with Gasteiger partial charge in [-0.15, -0.1) is 0 Å². The number of piperidine rings is 1. The molecule has 2 aliphatic rings. The molecule has 0 spiro atoms. The van der Waals surface area contributed by atoms with E-state index >= 15 is 0 Å². The fraction of sp³-hybridized carbons (Fsp3) is 0.625. The Morgan fingerprint density at radius 1 is 1.17 bits per heavy atom. The van der Waals surface area contributed by atoms with Gasteiger partial charge in [-0.05, 0) is 44.0 Å². The number of likely N-dealkylation sites (tertiary alicyclic amines) is 1. The zero-order valence-corrected chi connectivity index (χ0v) is 13.0. The van der Waals surface area contributed by atoms with E-state index in [-0.39, 0.29) is 6.04 Å². The van der Waals surface area contributed by atoms with Crippen LogP contribution in [-0.2, 0) is 6.18 Å². The van der Waals surface area contributed by atoms with E-state index in [0.29, 0.717) is 17.4 Å². The Kier molecular flexibility index (Phi) is 4.68. The Bertz CT molecular complexity index is 533. The van der Waals surface area contributed by atoms with Crippen molar-refractivity contribution >= 4 is 11.4 Å². The van der Waals surface area contributed by atoms with Crippen molar-refractivity contribution in [2.75, 3.05) is 37.2 Å². The molecule has 0 amide bonds. The SMILES string of the molecule is Nc1ccc(C(F)(F)F)cc1NC1CCN([C@H]2CCNC2)CC1. The van der Waals surface area contributed by atoms with Crippen molar-refractivity contribution in [1.82, 2.24) is 10.2 Å². The molecule has 2 heterocycles. The van der Waals surface area contributed by atoms with Gasteiger partial charge >= 0.3 is 6.18 Å². The zero-order chi connectivity index (χ0) is 16.4. The summed E-state index contributed by atoms with van der Waals surface area (Å²) in [6.45, 7) is 4.06. The number of nitrogen functional groups attached to an aromatic ring is 1. The Morgan fingerprint density at radius 3 is 2.52 bits per heavy atom. The molecule has 23 heavy (non-hydrogen) atoms. The van der Waals surface area contributed by atoms with Crippen LogP contribution in [0.2, 0.25) is 0 Å². The minimum atomic E-state index is -4.34. The van der Waals surface area contributed by atoms with Crippen LogP contribution in [0.1, 0.15) is 24.8 Å². The molecule has 2 fully saturated rings. The summed E-state index contributed by atoms with van der Waals surface area (Å²) in [5, 5.41) is 6.57. The Morgan fingerprint density at radius 2 is 1.91 bits per heavy atom. The van der Waals surface area contributed by atoms with Crippen LogP contribution >= 0.6 is 0 Å². The van der Waals surface area contributed by atoms with Gasteiger partial charge in [0.2, 0.25) is 0 Å². The third kappa shape index (κ3) is 3.90. The van der Waals surface area contributed by atoms with Crippen molar-refractivity contribution in [2.45, 2.75) is 37.5 Å². The summed E-state index contributed by atoms with van der Waals surface area (Å²) in [6.07, 6.45) is -1.32. The predicted octanol–water partition coefficient (Wildman–Crippen LogP) is 2.53. The number of hydrogen-bond acceptors (Lipinski definition) is 4. The van der Waals surface area contributed by atoms with Gasteiger partial charge in [0.15, 0.2) is 0 Å². The van der Waals surface area contributed by atoms with E-state index in [1.54, 1.807) is 0 Å². The van der Waals surface area contributed by atoms with Gasteiger partial charge in [-0.3, -0.25) is 4.90 Å². The number of hydrogen-bond donors (Lipinski definition) is 3. The summed E-state index contributed by atoms with van der Waals surface area (Å²) in [6, 6.07) is 4.24. The lowest BCUT2D eigenvalue weighted by molar-refractivity contribution is -0.137. The van der Waals surface area contributed by atoms with Gasteiger partial charge in [-0.25, -0.2) is 0 Å².